The Morgan fingerprint density at radius 3 is 1.25 bits per heavy atom. The van der Waals surface area contributed by atoms with Gasteiger partial charge in [-0.3, -0.25) is 4.79 Å². The lowest BCUT2D eigenvalue weighted by atomic mass is 10.0. The molecule has 2 unspecified atom stereocenters. The van der Waals surface area contributed by atoms with Crippen LogP contribution in [-0.4, -0.2) is 34.9 Å². The molecule has 0 rings (SSSR count). The van der Waals surface area contributed by atoms with Gasteiger partial charge in [-0.1, -0.05) is 194 Å². The quantitative estimate of drug-likeness (QED) is 0.0440. The third-order valence-electron chi connectivity index (χ3n) is 9.05. The first-order valence-corrected chi connectivity index (χ1v) is 21.6. The van der Waals surface area contributed by atoms with Crippen molar-refractivity contribution in [2.24, 2.45) is 0 Å². The Balaban J connectivity index is 3.67. The summed E-state index contributed by atoms with van der Waals surface area (Å²) in [4.78, 5) is 12.3. The van der Waals surface area contributed by atoms with Crippen molar-refractivity contribution < 1.29 is 15.0 Å². The normalized spacial score (nSPS) is 14.1. The van der Waals surface area contributed by atoms with Crippen LogP contribution < -0.4 is 5.32 Å². The highest BCUT2D eigenvalue weighted by Gasteiger charge is 2.19. The molecule has 0 aliphatic rings. The fraction of sp³-hybridized carbons (Fsp3) is 0.612. The van der Waals surface area contributed by atoms with Crippen molar-refractivity contribution in [3.8, 4) is 0 Å². The van der Waals surface area contributed by atoms with Crippen molar-refractivity contribution in [3.05, 3.63) is 109 Å². The number of nitrogens with one attached hydrogen (secondary N) is 1. The minimum atomic E-state index is -0.672. The van der Waals surface area contributed by atoms with Gasteiger partial charge in [-0.25, -0.2) is 0 Å². The van der Waals surface area contributed by atoms with Gasteiger partial charge in [0.25, 0.3) is 0 Å². The van der Waals surface area contributed by atoms with Crippen LogP contribution in [0.2, 0.25) is 0 Å². The maximum absolute atomic E-state index is 12.3. The molecule has 53 heavy (non-hydrogen) atoms. The number of hydrogen-bond donors (Lipinski definition) is 3. The summed E-state index contributed by atoms with van der Waals surface area (Å²) in [6, 6.07) is -0.552. The van der Waals surface area contributed by atoms with E-state index < -0.39 is 12.1 Å². The van der Waals surface area contributed by atoms with E-state index in [-0.39, 0.29) is 12.5 Å². The van der Waals surface area contributed by atoms with Gasteiger partial charge in [-0.2, -0.15) is 0 Å². The minimum absolute atomic E-state index is 0.0598. The minimum Gasteiger partial charge on any atom is -0.394 e. The molecule has 0 aromatic carbocycles. The number of rotatable bonds is 37. The molecule has 3 N–H and O–H groups in total. The Morgan fingerprint density at radius 2 is 0.830 bits per heavy atom. The molecule has 0 aliphatic carbocycles. The number of carbonyl (C=O) groups is 1. The van der Waals surface area contributed by atoms with Gasteiger partial charge in [-0.05, 0) is 83.5 Å². The highest BCUT2D eigenvalue weighted by molar-refractivity contribution is 5.76. The highest BCUT2D eigenvalue weighted by atomic mass is 16.3. The van der Waals surface area contributed by atoms with E-state index in [9.17, 15) is 15.0 Å². The van der Waals surface area contributed by atoms with E-state index in [1.54, 1.807) is 0 Å². The molecule has 0 saturated carbocycles. The number of aliphatic hydroxyl groups excluding tert-OH is 2. The second-order valence-corrected chi connectivity index (χ2v) is 14.0. The first-order chi connectivity index (χ1) is 26.2. The summed E-state index contributed by atoms with van der Waals surface area (Å²) in [7, 11) is 0. The van der Waals surface area contributed by atoms with Gasteiger partial charge in [0.2, 0.25) is 5.91 Å². The van der Waals surface area contributed by atoms with Crippen molar-refractivity contribution in [2.45, 2.75) is 187 Å². The van der Waals surface area contributed by atoms with Crippen molar-refractivity contribution in [3.63, 3.8) is 0 Å². The summed E-state index contributed by atoms with van der Waals surface area (Å²) in [6.07, 6.45) is 66.0. The van der Waals surface area contributed by atoms with Crippen molar-refractivity contribution in [1.29, 1.82) is 0 Å². The molecule has 0 spiro atoms. The van der Waals surface area contributed by atoms with Crippen LogP contribution in [-0.2, 0) is 4.79 Å². The summed E-state index contributed by atoms with van der Waals surface area (Å²) in [5.41, 5.74) is 0. The van der Waals surface area contributed by atoms with E-state index in [2.05, 4.69) is 129 Å². The number of allylic oxidation sites excluding steroid dienone is 18. The fourth-order valence-corrected chi connectivity index (χ4v) is 5.76. The lowest BCUT2D eigenvalue weighted by molar-refractivity contribution is -0.123. The SMILES string of the molecule is CC/C=C\C/C=C\C/C=C\C/C=C\C/C=C\C/C=C\C/C=C\C/C=C\C/C=C\CCCCCCCC(=O)NC(CO)C(O)CCCCCCCCCC. The van der Waals surface area contributed by atoms with Crippen molar-refractivity contribution in [2.75, 3.05) is 6.61 Å². The molecule has 2 atom stereocenters. The molecule has 4 nitrogen and oxygen atoms in total. The first kappa shape index (κ1) is 50.1. The van der Waals surface area contributed by atoms with E-state index in [1.807, 2.05) is 0 Å². The van der Waals surface area contributed by atoms with Gasteiger partial charge in [0.1, 0.15) is 0 Å². The largest absolute Gasteiger partial charge is 0.394 e. The molecule has 0 aromatic rings. The Kier molecular flexibility index (Phi) is 41.0. The summed E-state index contributed by atoms with van der Waals surface area (Å²) in [6.45, 7) is 4.18. The molecule has 0 bridgehead atoms. The molecule has 0 radical (unpaired) electrons. The lowest BCUT2D eigenvalue weighted by Gasteiger charge is -2.22. The molecule has 0 aliphatic heterocycles. The third kappa shape index (κ3) is 40.1. The summed E-state index contributed by atoms with van der Waals surface area (Å²) < 4.78 is 0. The maximum Gasteiger partial charge on any atom is 0.220 e. The third-order valence-corrected chi connectivity index (χ3v) is 9.05. The zero-order chi connectivity index (χ0) is 38.6. The zero-order valence-electron chi connectivity index (χ0n) is 34.2. The van der Waals surface area contributed by atoms with Crippen LogP contribution in [0.25, 0.3) is 0 Å². The van der Waals surface area contributed by atoms with E-state index >= 15 is 0 Å². The molecule has 0 fully saturated rings. The van der Waals surface area contributed by atoms with Crippen LogP contribution in [0.4, 0.5) is 0 Å². The molecule has 1 amide bonds. The summed E-state index contributed by atoms with van der Waals surface area (Å²) in [5.74, 6) is -0.0598. The number of aliphatic hydroxyl groups is 2. The van der Waals surface area contributed by atoms with Gasteiger partial charge < -0.3 is 15.5 Å². The van der Waals surface area contributed by atoms with Gasteiger partial charge in [0.05, 0.1) is 18.8 Å². The predicted octanol–water partition coefficient (Wildman–Crippen LogP) is 13.6. The molecule has 0 heterocycles. The number of unbranched alkanes of at least 4 members (excludes halogenated alkanes) is 12. The van der Waals surface area contributed by atoms with Crippen LogP contribution in [0.15, 0.2) is 109 Å². The Hall–Kier alpha value is -2.95. The Morgan fingerprint density at radius 1 is 0.472 bits per heavy atom. The van der Waals surface area contributed by atoms with E-state index in [0.29, 0.717) is 12.8 Å². The highest BCUT2D eigenvalue weighted by Crippen LogP contribution is 2.13. The Bertz CT molecular complexity index is 1060. The van der Waals surface area contributed by atoms with Gasteiger partial charge >= 0.3 is 0 Å². The van der Waals surface area contributed by atoms with Crippen LogP contribution in [0.5, 0.6) is 0 Å². The number of amides is 1. The van der Waals surface area contributed by atoms with Gasteiger partial charge in [0.15, 0.2) is 0 Å². The Labute approximate surface area is 327 Å². The molecular formula is C49H81NO3. The van der Waals surface area contributed by atoms with Crippen LogP contribution in [0, 0.1) is 0 Å². The topological polar surface area (TPSA) is 69.6 Å². The van der Waals surface area contributed by atoms with Gasteiger partial charge in [0, 0.05) is 6.42 Å². The molecule has 300 valence electrons. The maximum atomic E-state index is 12.3. The fourth-order valence-electron chi connectivity index (χ4n) is 5.76. The summed E-state index contributed by atoms with van der Waals surface area (Å²) >= 11 is 0. The number of hydrogen-bond acceptors (Lipinski definition) is 3. The lowest BCUT2D eigenvalue weighted by Crippen LogP contribution is -2.45. The van der Waals surface area contributed by atoms with E-state index in [4.69, 9.17) is 0 Å². The average Bonchev–Trinajstić information content (AvgIpc) is 3.16. The second kappa shape index (κ2) is 43.5. The molecular weight excluding hydrogens is 651 g/mol. The van der Waals surface area contributed by atoms with Gasteiger partial charge in [-0.15, -0.1) is 0 Å². The van der Waals surface area contributed by atoms with E-state index in [0.717, 1.165) is 96.3 Å². The van der Waals surface area contributed by atoms with E-state index in [1.165, 1.54) is 51.4 Å². The van der Waals surface area contributed by atoms with Crippen LogP contribution in [0.1, 0.15) is 174 Å². The monoisotopic (exact) mass is 732 g/mol. The molecule has 0 saturated heterocycles. The van der Waals surface area contributed by atoms with Crippen LogP contribution in [0.3, 0.4) is 0 Å². The van der Waals surface area contributed by atoms with Crippen molar-refractivity contribution >= 4 is 5.91 Å². The predicted molar refractivity (Wildman–Crippen MR) is 234 cm³/mol. The molecule has 0 aromatic heterocycles. The standard InChI is InChI=1S/C49H81NO3/c1-3-5-7-9-11-13-14-15-16-17-18-19-20-21-22-23-24-25-26-27-28-29-30-31-32-33-34-35-36-37-39-41-43-45-49(53)50-47(46-51)48(52)44-42-40-38-12-10-8-6-4-2/h5,7,11,13,15-16,18-19,21-22,24-25,27-28,30-31,33-34,47-48,51-52H,3-4,6,8-10,12,14,17,20,23,26,29,32,35-46H2,1-2H3,(H,50,53)/b7-5-,13-11-,16-15-,19-18-,22-21-,25-24-,28-27-,31-30-,34-33-. The zero-order valence-corrected chi connectivity index (χ0v) is 34.2. The van der Waals surface area contributed by atoms with Crippen molar-refractivity contribution in [1.82, 2.24) is 5.32 Å². The second-order valence-electron chi connectivity index (χ2n) is 14.0. The first-order valence-electron chi connectivity index (χ1n) is 21.6. The smallest absolute Gasteiger partial charge is 0.220 e. The van der Waals surface area contributed by atoms with Crippen LogP contribution >= 0.6 is 0 Å². The number of carbonyl (C=O) groups excluding carboxylic acids is 1. The summed E-state index contributed by atoms with van der Waals surface area (Å²) in [5, 5.41) is 22.9. The average molecular weight is 732 g/mol. The molecule has 4 heteroatoms.